The number of pyridine rings is 1. The summed E-state index contributed by atoms with van der Waals surface area (Å²) in [5.41, 5.74) is 2.92. The van der Waals surface area contributed by atoms with Gasteiger partial charge < -0.3 is 15.0 Å². The van der Waals surface area contributed by atoms with E-state index in [9.17, 15) is 4.79 Å². The number of benzene rings is 2. The number of halogens is 2. The molecule has 4 rings (SSSR count). The lowest BCUT2D eigenvalue weighted by Gasteiger charge is -2.27. The summed E-state index contributed by atoms with van der Waals surface area (Å²) in [5, 5.41) is 4.37. The van der Waals surface area contributed by atoms with E-state index in [1.54, 1.807) is 48.5 Å². The predicted octanol–water partition coefficient (Wildman–Crippen LogP) is 5.16. The van der Waals surface area contributed by atoms with Gasteiger partial charge >= 0.3 is 0 Å². The minimum atomic E-state index is -0.440. The highest BCUT2D eigenvalue weighted by molar-refractivity contribution is 6.36. The lowest BCUT2D eigenvalue weighted by molar-refractivity contribution is 0.0728. The first kappa shape index (κ1) is 18.6. The molecule has 0 bridgehead atoms. The molecular formula is C21H17Cl2N3O2. The van der Waals surface area contributed by atoms with Crippen LogP contribution in [0.5, 0.6) is 5.75 Å². The van der Waals surface area contributed by atoms with E-state index in [0.29, 0.717) is 33.5 Å². The summed E-state index contributed by atoms with van der Waals surface area (Å²) in [5.74, 6) is 0.686. The maximum atomic E-state index is 13.0. The van der Waals surface area contributed by atoms with Crippen molar-refractivity contribution >= 4 is 34.8 Å². The summed E-state index contributed by atoms with van der Waals surface area (Å²) >= 11 is 12.3. The fourth-order valence-electron chi connectivity index (χ4n) is 3.23. The molecule has 5 nitrogen and oxygen atoms in total. The molecule has 0 fully saturated rings. The molecule has 1 aromatic heterocycles. The standard InChI is InChI=1S/C21H17Cl2N3O2/c1-28-15-7-4-13(5-8-15)12-26-20(19-16(21(26)27)3-2-10-24-19)25-18-9-6-14(22)11-17(18)23/h2-11,20,25H,12H2,1H3/t20-/m0/s1. The van der Waals surface area contributed by atoms with Gasteiger partial charge in [0.1, 0.15) is 11.9 Å². The average molecular weight is 414 g/mol. The Morgan fingerprint density at radius 3 is 2.64 bits per heavy atom. The molecule has 0 radical (unpaired) electrons. The van der Waals surface area contributed by atoms with Crippen molar-refractivity contribution in [1.29, 1.82) is 0 Å². The van der Waals surface area contributed by atoms with E-state index in [2.05, 4.69) is 10.3 Å². The molecule has 2 aromatic carbocycles. The van der Waals surface area contributed by atoms with Gasteiger partial charge in [0, 0.05) is 17.8 Å². The fourth-order valence-corrected chi connectivity index (χ4v) is 3.69. The number of methoxy groups -OCH3 is 1. The van der Waals surface area contributed by atoms with E-state index in [1.165, 1.54) is 0 Å². The number of ether oxygens (including phenoxy) is 1. The fraction of sp³-hybridized carbons (Fsp3) is 0.143. The van der Waals surface area contributed by atoms with Gasteiger partial charge in [-0.1, -0.05) is 35.3 Å². The number of hydrogen-bond donors (Lipinski definition) is 1. The van der Waals surface area contributed by atoms with Crippen molar-refractivity contribution in [1.82, 2.24) is 9.88 Å². The number of hydrogen-bond acceptors (Lipinski definition) is 4. The first-order valence-electron chi connectivity index (χ1n) is 8.67. The monoisotopic (exact) mass is 413 g/mol. The summed E-state index contributed by atoms with van der Waals surface area (Å²) in [6.45, 7) is 0.419. The summed E-state index contributed by atoms with van der Waals surface area (Å²) in [7, 11) is 1.62. The molecule has 1 aliphatic heterocycles. The molecule has 1 N–H and O–H groups in total. The van der Waals surface area contributed by atoms with E-state index >= 15 is 0 Å². The number of nitrogens with one attached hydrogen (secondary N) is 1. The van der Waals surface area contributed by atoms with Gasteiger partial charge in [-0.3, -0.25) is 9.78 Å². The molecule has 1 aliphatic rings. The summed E-state index contributed by atoms with van der Waals surface area (Å²) in [6.07, 6.45) is 1.24. The van der Waals surface area contributed by atoms with Crippen molar-refractivity contribution in [3.63, 3.8) is 0 Å². The molecule has 7 heteroatoms. The van der Waals surface area contributed by atoms with Crippen LogP contribution in [0.3, 0.4) is 0 Å². The zero-order chi connectivity index (χ0) is 19.7. The SMILES string of the molecule is COc1ccc(CN2C(=O)c3cccnc3[C@H]2Nc2ccc(Cl)cc2Cl)cc1. The van der Waals surface area contributed by atoms with Crippen molar-refractivity contribution in [3.05, 3.63) is 87.7 Å². The van der Waals surface area contributed by atoms with Crippen LogP contribution in [0.15, 0.2) is 60.8 Å². The highest BCUT2D eigenvalue weighted by Gasteiger charge is 2.38. The Kier molecular flexibility index (Phi) is 5.11. The van der Waals surface area contributed by atoms with Crippen LogP contribution in [0, 0.1) is 0 Å². The normalized spacial score (nSPS) is 15.5. The Hall–Kier alpha value is -2.76. The predicted molar refractivity (Wildman–Crippen MR) is 110 cm³/mol. The van der Waals surface area contributed by atoms with Crippen LogP contribution in [-0.4, -0.2) is 22.9 Å². The molecular weight excluding hydrogens is 397 g/mol. The zero-order valence-corrected chi connectivity index (χ0v) is 16.5. The molecule has 0 aliphatic carbocycles. The first-order chi connectivity index (χ1) is 13.6. The number of fused-ring (bicyclic) bond motifs is 1. The van der Waals surface area contributed by atoms with Gasteiger partial charge in [-0.2, -0.15) is 0 Å². The second-order valence-corrected chi connectivity index (χ2v) is 7.23. The second-order valence-electron chi connectivity index (χ2n) is 6.39. The van der Waals surface area contributed by atoms with E-state index in [4.69, 9.17) is 27.9 Å². The van der Waals surface area contributed by atoms with Gasteiger partial charge in [-0.25, -0.2) is 0 Å². The van der Waals surface area contributed by atoms with Crippen molar-refractivity contribution in [3.8, 4) is 5.75 Å². The Morgan fingerprint density at radius 1 is 1.14 bits per heavy atom. The topological polar surface area (TPSA) is 54.5 Å². The highest BCUT2D eigenvalue weighted by atomic mass is 35.5. The molecule has 28 heavy (non-hydrogen) atoms. The number of carbonyl (C=O) groups is 1. The van der Waals surface area contributed by atoms with Crippen LogP contribution < -0.4 is 10.1 Å². The van der Waals surface area contributed by atoms with Crippen molar-refractivity contribution in [2.45, 2.75) is 12.7 Å². The zero-order valence-electron chi connectivity index (χ0n) is 15.0. The smallest absolute Gasteiger partial charge is 0.258 e. The highest BCUT2D eigenvalue weighted by Crippen LogP contribution is 2.36. The molecule has 0 saturated carbocycles. The van der Waals surface area contributed by atoms with Crippen LogP contribution in [0.2, 0.25) is 10.0 Å². The minimum absolute atomic E-state index is 0.0819. The molecule has 2 heterocycles. The number of nitrogens with zero attached hydrogens (tertiary/aromatic N) is 2. The molecule has 0 spiro atoms. The van der Waals surface area contributed by atoms with Crippen LogP contribution >= 0.6 is 23.2 Å². The molecule has 3 aromatic rings. The van der Waals surface area contributed by atoms with Gasteiger partial charge in [0.2, 0.25) is 0 Å². The Balaban J connectivity index is 1.67. The van der Waals surface area contributed by atoms with Gasteiger partial charge in [-0.05, 0) is 48.0 Å². The molecule has 142 valence electrons. The van der Waals surface area contributed by atoms with Crippen molar-refractivity contribution < 1.29 is 9.53 Å². The van der Waals surface area contributed by atoms with Crippen LogP contribution in [0.1, 0.15) is 27.8 Å². The first-order valence-corrected chi connectivity index (χ1v) is 9.43. The molecule has 1 atom stereocenters. The third-order valence-electron chi connectivity index (χ3n) is 4.64. The number of anilines is 1. The van der Waals surface area contributed by atoms with E-state index in [0.717, 1.165) is 11.3 Å². The van der Waals surface area contributed by atoms with E-state index in [-0.39, 0.29) is 5.91 Å². The summed E-state index contributed by atoms with van der Waals surface area (Å²) < 4.78 is 5.21. The quantitative estimate of drug-likeness (QED) is 0.627. The van der Waals surface area contributed by atoms with Crippen LogP contribution in [0.25, 0.3) is 0 Å². The second kappa shape index (κ2) is 7.70. The Morgan fingerprint density at radius 2 is 1.93 bits per heavy atom. The third kappa shape index (κ3) is 3.51. The lowest BCUT2D eigenvalue weighted by Crippen LogP contribution is -2.32. The van der Waals surface area contributed by atoms with Gasteiger partial charge in [0.25, 0.3) is 5.91 Å². The minimum Gasteiger partial charge on any atom is -0.497 e. The van der Waals surface area contributed by atoms with Gasteiger partial charge in [-0.15, -0.1) is 0 Å². The maximum Gasteiger partial charge on any atom is 0.258 e. The van der Waals surface area contributed by atoms with E-state index < -0.39 is 6.17 Å². The largest absolute Gasteiger partial charge is 0.497 e. The van der Waals surface area contributed by atoms with Crippen molar-refractivity contribution in [2.75, 3.05) is 12.4 Å². The Bertz CT molecular complexity index is 1020. The maximum absolute atomic E-state index is 13.0. The number of rotatable bonds is 5. The molecule has 0 saturated heterocycles. The number of amides is 1. The average Bonchev–Trinajstić information content (AvgIpc) is 2.96. The van der Waals surface area contributed by atoms with Crippen molar-refractivity contribution in [2.24, 2.45) is 0 Å². The number of carbonyl (C=O) groups excluding carboxylic acids is 1. The lowest BCUT2D eigenvalue weighted by atomic mass is 10.2. The van der Waals surface area contributed by atoms with Crippen LogP contribution in [-0.2, 0) is 6.54 Å². The third-order valence-corrected chi connectivity index (χ3v) is 5.18. The molecule has 0 unspecified atom stereocenters. The van der Waals surface area contributed by atoms with Crippen LogP contribution in [0.4, 0.5) is 5.69 Å². The Labute approximate surface area is 172 Å². The molecule has 1 amide bonds. The summed E-state index contributed by atoms with van der Waals surface area (Å²) in [4.78, 5) is 19.2. The van der Waals surface area contributed by atoms with Gasteiger partial charge in [0.15, 0.2) is 0 Å². The van der Waals surface area contributed by atoms with E-state index in [1.807, 2.05) is 24.3 Å². The summed E-state index contributed by atoms with van der Waals surface area (Å²) in [6, 6.07) is 16.4. The van der Waals surface area contributed by atoms with Gasteiger partial charge in [0.05, 0.1) is 29.1 Å². The number of aromatic nitrogens is 1.